The molecular weight excluding hydrogens is 284 g/mol. The van der Waals surface area contributed by atoms with Gasteiger partial charge in [-0.1, -0.05) is 49.7 Å². The molecule has 1 aliphatic heterocycles. The Morgan fingerprint density at radius 3 is 2.43 bits per heavy atom. The summed E-state index contributed by atoms with van der Waals surface area (Å²) in [6, 6.07) is 12.9. The molecular formula is C20H24N2O. The van der Waals surface area contributed by atoms with E-state index in [0.717, 1.165) is 17.7 Å². The average Bonchev–Trinajstić information content (AvgIpc) is 2.80. The normalized spacial score (nSPS) is 18.2. The van der Waals surface area contributed by atoms with Crippen LogP contribution >= 0.6 is 0 Å². The van der Waals surface area contributed by atoms with Crippen LogP contribution in [0.25, 0.3) is 16.8 Å². The Morgan fingerprint density at radius 2 is 1.78 bits per heavy atom. The molecule has 23 heavy (non-hydrogen) atoms. The summed E-state index contributed by atoms with van der Waals surface area (Å²) in [7, 11) is 0. The Labute approximate surface area is 137 Å². The second-order valence-electron chi connectivity index (χ2n) is 6.73. The van der Waals surface area contributed by atoms with Gasteiger partial charge in [-0.25, -0.2) is 0 Å². The van der Waals surface area contributed by atoms with Crippen molar-refractivity contribution in [3.8, 4) is 0 Å². The van der Waals surface area contributed by atoms with E-state index in [1.807, 2.05) is 13.8 Å². The lowest BCUT2D eigenvalue weighted by atomic mass is 9.88. The third-order valence-corrected chi connectivity index (χ3v) is 4.70. The molecule has 0 aliphatic carbocycles. The molecule has 1 fully saturated rings. The summed E-state index contributed by atoms with van der Waals surface area (Å²) in [5.74, 6) is 0.00706. The summed E-state index contributed by atoms with van der Waals surface area (Å²) in [6.45, 7) is 6.09. The molecule has 3 nitrogen and oxygen atoms in total. The highest BCUT2D eigenvalue weighted by atomic mass is 16.2. The van der Waals surface area contributed by atoms with Crippen LogP contribution in [0.1, 0.15) is 44.7 Å². The lowest BCUT2D eigenvalue weighted by Crippen LogP contribution is -2.28. The third kappa shape index (κ3) is 2.83. The Morgan fingerprint density at radius 1 is 1.04 bits per heavy atom. The highest BCUT2D eigenvalue weighted by molar-refractivity contribution is 5.95. The molecule has 0 saturated carbocycles. The van der Waals surface area contributed by atoms with Gasteiger partial charge < -0.3 is 5.43 Å². The molecule has 120 valence electrons. The minimum Gasteiger partial charge on any atom is -0.302 e. The van der Waals surface area contributed by atoms with Crippen LogP contribution < -0.4 is 10.9 Å². The Balaban J connectivity index is 2.08. The fourth-order valence-electron chi connectivity index (χ4n) is 3.03. The molecule has 2 N–H and O–H groups in total. The number of nitrogens with one attached hydrogen (secondary N) is 2. The first-order valence-corrected chi connectivity index (χ1v) is 8.33. The molecule has 3 rings (SSSR count). The number of hydrogen-bond acceptors (Lipinski definition) is 2. The van der Waals surface area contributed by atoms with E-state index in [2.05, 4.69) is 60.2 Å². The quantitative estimate of drug-likeness (QED) is 0.889. The Hall–Kier alpha value is -2.29. The average molecular weight is 308 g/mol. The van der Waals surface area contributed by atoms with Crippen molar-refractivity contribution >= 4 is 22.8 Å². The van der Waals surface area contributed by atoms with E-state index >= 15 is 0 Å². The molecule has 2 aromatic carbocycles. The van der Waals surface area contributed by atoms with E-state index in [0.29, 0.717) is 0 Å². The monoisotopic (exact) mass is 308 g/mol. The van der Waals surface area contributed by atoms with Gasteiger partial charge in [0, 0.05) is 5.70 Å². The van der Waals surface area contributed by atoms with E-state index in [4.69, 9.17) is 0 Å². The smallest absolute Gasteiger partial charge is 0.249 e. The van der Waals surface area contributed by atoms with Crippen molar-refractivity contribution in [1.29, 1.82) is 0 Å². The molecule has 0 bridgehead atoms. The summed E-state index contributed by atoms with van der Waals surface area (Å²) in [5.41, 5.74) is 8.66. The van der Waals surface area contributed by atoms with Gasteiger partial charge in [0.15, 0.2) is 0 Å². The van der Waals surface area contributed by atoms with Crippen LogP contribution in [0.15, 0.2) is 42.1 Å². The largest absolute Gasteiger partial charge is 0.302 e. The number of carbonyl (C=O) groups excluding carboxylic acids is 1. The van der Waals surface area contributed by atoms with E-state index in [-0.39, 0.29) is 5.91 Å². The third-order valence-electron chi connectivity index (χ3n) is 4.70. The van der Waals surface area contributed by atoms with E-state index in [1.165, 1.54) is 29.2 Å². The zero-order chi connectivity index (χ0) is 16.4. The van der Waals surface area contributed by atoms with Gasteiger partial charge >= 0.3 is 0 Å². The second kappa shape index (κ2) is 6.07. The maximum absolute atomic E-state index is 11.9. The van der Waals surface area contributed by atoms with Crippen LogP contribution in [0.2, 0.25) is 0 Å². The van der Waals surface area contributed by atoms with Gasteiger partial charge in [-0.2, -0.15) is 0 Å². The van der Waals surface area contributed by atoms with Crippen molar-refractivity contribution in [1.82, 2.24) is 10.9 Å². The minimum absolute atomic E-state index is 0.00706. The summed E-state index contributed by atoms with van der Waals surface area (Å²) >= 11 is 0. The summed E-state index contributed by atoms with van der Waals surface area (Å²) in [6.07, 6.45) is 5.60. The summed E-state index contributed by atoms with van der Waals surface area (Å²) in [5, 5.41) is 2.55. The predicted molar refractivity (Wildman–Crippen MR) is 95.6 cm³/mol. The predicted octanol–water partition coefficient (Wildman–Crippen LogP) is 4.18. The molecule has 2 aromatic rings. The lowest BCUT2D eigenvalue weighted by molar-refractivity contribution is -0.125. The number of hydrogen-bond donors (Lipinski definition) is 2. The van der Waals surface area contributed by atoms with Crippen molar-refractivity contribution < 1.29 is 4.79 Å². The first kappa shape index (κ1) is 15.6. The van der Waals surface area contributed by atoms with Crippen molar-refractivity contribution in [2.45, 2.75) is 40.0 Å². The minimum atomic E-state index is -0.526. The Bertz CT molecular complexity index is 774. The van der Waals surface area contributed by atoms with Gasteiger partial charge in [0.2, 0.25) is 5.91 Å². The standard InChI is InChI=1S/C20H24N2O/c1-4-5-8-14-11-12-15(17-10-7-6-9-16(14)17)13-18-20(2,3)19(23)22-21-18/h6-7,9-13,21H,4-5,8H2,1-3H3,(H,22,23)/b18-13-. The molecule has 1 saturated heterocycles. The fourth-order valence-corrected chi connectivity index (χ4v) is 3.03. The summed E-state index contributed by atoms with van der Waals surface area (Å²) in [4.78, 5) is 11.9. The van der Waals surface area contributed by atoms with Crippen molar-refractivity contribution in [3.05, 3.63) is 53.2 Å². The first-order chi connectivity index (χ1) is 11.0. The molecule has 1 heterocycles. The first-order valence-electron chi connectivity index (χ1n) is 8.33. The molecule has 3 heteroatoms. The highest BCUT2D eigenvalue weighted by Gasteiger charge is 2.37. The number of hydrazine groups is 1. The molecule has 1 aliphatic rings. The van der Waals surface area contributed by atoms with Crippen molar-refractivity contribution in [2.75, 3.05) is 0 Å². The Kier molecular flexibility index (Phi) is 4.12. The van der Waals surface area contributed by atoms with Gasteiger partial charge in [-0.3, -0.25) is 10.2 Å². The van der Waals surface area contributed by atoms with Crippen molar-refractivity contribution in [2.24, 2.45) is 5.41 Å². The molecule has 0 spiro atoms. The van der Waals surface area contributed by atoms with Gasteiger partial charge in [-0.15, -0.1) is 0 Å². The van der Waals surface area contributed by atoms with Gasteiger partial charge in [0.1, 0.15) is 0 Å². The van der Waals surface area contributed by atoms with E-state index < -0.39 is 5.41 Å². The van der Waals surface area contributed by atoms with E-state index in [9.17, 15) is 4.79 Å². The van der Waals surface area contributed by atoms with Crippen LogP contribution in [0.4, 0.5) is 0 Å². The number of aryl methyl sites for hydroxylation is 1. The molecule has 0 unspecified atom stereocenters. The number of amides is 1. The van der Waals surface area contributed by atoms with Crippen LogP contribution in [0, 0.1) is 5.41 Å². The molecule has 0 radical (unpaired) electrons. The number of rotatable bonds is 4. The van der Waals surface area contributed by atoms with Gasteiger partial charge in [0.05, 0.1) is 5.41 Å². The lowest BCUT2D eigenvalue weighted by Gasteiger charge is -2.15. The van der Waals surface area contributed by atoms with Crippen LogP contribution in [0.3, 0.4) is 0 Å². The molecule has 0 aromatic heterocycles. The van der Waals surface area contributed by atoms with Crippen LogP contribution in [0.5, 0.6) is 0 Å². The van der Waals surface area contributed by atoms with Gasteiger partial charge in [0.25, 0.3) is 0 Å². The summed E-state index contributed by atoms with van der Waals surface area (Å²) < 4.78 is 0. The number of carbonyl (C=O) groups is 1. The zero-order valence-electron chi connectivity index (χ0n) is 14.1. The maximum atomic E-state index is 11.9. The number of fused-ring (bicyclic) bond motifs is 1. The molecule has 1 amide bonds. The van der Waals surface area contributed by atoms with E-state index in [1.54, 1.807) is 0 Å². The fraction of sp³-hybridized carbons (Fsp3) is 0.350. The topological polar surface area (TPSA) is 41.1 Å². The molecule has 0 atom stereocenters. The van der Waals surface area contributed by atoms with Crippen LogP contribution in [-0.4, -0.2) is 5.91 Å². The maximum Gasteiger partial charge on any atom is 0.249 e. The van der Waals surface area contributed by atoms with Crippen LogP contribution in [-0.2, 0) is 11.2 Å². The zero-order valence-corrected chi connectivity index (χ0v) is 14.1. The highest BCUT2D eigenvalue weighted by Crippen LogP contribution is 2.32. The number of benzene rings is 2. The SMILES string of the molecule is CCCCc1ccc(/C=C2\NNC(=O)C2(C)C)c2ccccc12. The number of unbranched alkanes of at least 4 members (excludes halogenated alkanes) is 1. The van der Waals surface area contributed by atoms with Crippen molar-refractivity contribution in [3.63, 3.8) is 0 Å². The second-order valence-corrected chi connectivity index (χ2v) is 6.73. The van der Waals surface area contributed by atoms with Gasteiger partial charge in [-0.05, 0) is 54.7 Å².